The second-order valence-corrected chi connectivity index (χ2v) is 9.99. The van der Waals surface area contributed by atoms with E-state index in [2.05, 4.69) is 27.4 Å². The third-order valence-corrected chi connectivity index (χ3v) is 7.53. The van der Waals surface area contributed by atoms with Crippen LogP contribution in [0, 0.1) is 22.7 Å². The van der Waals surface area contributed by atoms with Crippen LogP contribution >= 0.6 is 0 Å². The minimum absolute atomic E-state index is 0.00467. The lowest BCUT2D eigenvalue weighted by Gasteiger charge is -2.61. The monoisotopic (exact) mass is 380 g/mol. The van der Waals surface area contributed by atoms with E-state index in [4.69, 9.17) is 4.74 Å². The van der Waals surface area contributed by atoms with Gasteiger partial charge in [-0.1, -0.05) is 33.3 Å². The summed E-state index contributed by atoms with van der Waals surface area (Å²) >= 11 is 0. The molecule has 0 radical (unpaired) electrons. The van der Waals surface area contributed by atoms with Gasteiger partial charge in [-0.25, -0.2) is 0 Å². The lowest BCUT2D eigenvalue weighted by atomic mass is 9.44. The maximum Gasteiger partial charge on any atom is 0.303 e. The summed E-state index contributed by atoms with van der Waals surface area (Å²) in [4.78, 5) is 24.5. The Balaban J connectivity index is 2.49. The van der Waals surface area contributed by atoms with E-state index >= 15 is 0 Å². The van der Waals surface area contributed by atoms with Gasteiger partial charge in [0, 0.05) is 19.3 Å². The molecule has 0 bridgehead atoms. The molecule has 0 amide bonds. The van der Waals surface area contributed by atoms with E-state index in [0.717, 1.165) is 19.3 Å². The standard InChI is InChI=1S/C22H36O5/c1-8-21(6,25)18(27-14(2)23)13-16-20(5)11-9-10-19(3,4)15(20)12-17(24)22(16,7)26/h8,15-16,18,25-26H,1,9-13H2,2-7H3/t15-,16+,18+,20+,21?,22+/m1/s1. The number of hydrogen-bond acceptors (Lipinski definition) is 5. The topological polar surface area (TPSA) is 83.8 Å². The van der Waals surface area contributed by atoms with Gasteiger partial charge in [0.15, 0.2) is 5.78 Å². The predicted molar refractivity (Wildman–Crippen MR) is 104 cm³/mol. The maximum absolute atomic E-state index is 12.9. The number of carbonyl (C=O) groups is 2. The van der Waals surface area contributed by atoms with Crippen LogP contribution in [0.5, 0.6) is 0 Å². The van der Waals surface area contributed by atoms with Gasteiger partial charge in [0.25, 0.3) is 0 Å². The molecule has 2 aliphatic carbocycles. The van der Waals surface area contributed by atoms with Crippen LogP contribution in [-0.4, -0.2) is 39.3 Å². The summed E-state index contributed by atoms with van der Waals surface area (Å²) < 4.78 is 5.43. The summed E-state index contributed by atoms with van der Waals surface area (Å²) in [6.07, 6.45) is 4.02. The summed E-state index contributed by atoms with van der Waals surface area (Å²) in [5, 5.41) is 21.9. The highest BCUT2D eigenvalue weighted by Crippen LogP contribution is 2.62. The van der Waals surface area contributed by atoms with Gasteiger partial charge in [-0.2, -0.15) is 0 Å². The Morgan fingerprint density at radius 2 is 1.96 bits per heavy atom. The van der Waals surface area contributed by atoms with Gasteiger partial charge in [0.05, 0.1) is 0 Å². The molecule has 0 spiro atoms. The quantitative estimate of drug-likeness (QED) is 0.564. The lowest BCUT2D eigenvalue weighted by molar-refractivity contribution is -0.195. The molecule has 0 aromatic rings. The van der Waals surface area contributed by atoms with Crippen molar-refractivity contribution in [1.82, 2.24) is 0 Å². The Kier molecular flexibility index (Phi) is 5.73. The van der Waals surface area contributed by atoms with Gasteiger partial charge in [0.2, 0.25) is 0 Å². The first kappa shape index (κ1) is 22.1. The molecule has 0 saturated heterocycles. The van der Waals surface area contributed by atoms with Crippen LogP contribution < -0.4 is 0 Å². The van der Waals surface area contributed by atoms with E-state index in [1.54, 1.807) is 6.92 Å². The largest absolute Gasteiger partial charge is 0.459 e. The van der Waals surface area contributed by atoms with Crippen molar-refractivity contribution in [2.24, 2.45) is 22.7 Å². The van der Waals surface area contributed by atoms with Gasteiger partial charge in [0.1, 0.15) is 17.3 Å². The number of carbonyl (C=O) groups excluding carboxylic acids is 2. The van der Waals surface area contributed by atoms with E-state index in [1.807, 2.05) is 0 Å². The molecule has 2 rings (SSSR count). The normalized spacial score (nSPS) is 39.0. The number of hydrogen-bond donors (Lipinski definition) is 2. The summed E-state index contributed by atoms with van der Waals surface area (Å²) in [5.41, 5.74) is -3.25. The minimum Gasteiger partial charge on any atom is -0.459 e. The Hall–Kier alpha value is -1.20. The van der Waals surface area contributed by atoms with Crippen LogP contribution in [0.1, 0.15) is 73.6 Å². The first-order valence-corrected chi connectivity index (χ1v) is 9.97. The number of ether oxygens (including phenoxy) is 1. The Morgan fingerprint density at radius 3 is 2.48 bits per heavy atom. The van der Waals surface area contributed by atoms with E-state index < -0.39 is 29.2 Å². The second-order valence-electron chi connectivity index (χ2n) is 9.99. The van der Waals surface area contributed by atoms with Crippen LogP contribution in [0.15, 0.2) is 12.7 Å². The zero-order chi connectivity index (χ0) is 20.8. The van der Waals surface area contributed by atoms with Crippen molar-refractivity contribution in [3.63, 3.8) is 0 Å². The van der Waals surface area contributed by atoms with Crippen molar-refractivity contribution in [3.8, 4) is 0 Å². The van der Waals surface area contributed by atoms with Crippen molar-refractivity contribution in [1.29, 1.82) is 0 Å². The number of ketones is 1. The second kappa shape index (κ2) is 7.00. The Bertz CT molecular complexity index is 618. The molecule has 0 aromatic carbocycles. The molecule has 0 aromatic heterocycles. The van der Waals surface area contributed by atoms with Gasteiger partial charge >= 0.3 is 5.97 Å². The molecule has 2 saturated carbocycles. The zero-order valence-electron chi connectivity index (χ0n) is 17.7. The first-order chi connectivity index (χ1) is 12.2. The molecule has 2 fully saturated rings. The molecule has 5 nitrogen and oxygen atoms in total. The van der Waals surface area contributed by atoms with Crippen molar-refractivity contribution in [3.05, 3.63) is 12.7 Å². The van der Waals surface area contributed by atoms with Crippen molar-refractivity contribution < 1.29 is 24.5 Å². The Morgan fingerprint density at radius 1 is 1.37 bits per heavy atom. The molecule has 154 valence electrons. The van der Waals surface area contributed by atoms with Crippen LogP contribution in [0.3, 0.4) is 0 Å². The SMILES string of the molecule is C=CC(C)(O)[C@H](C[C@H]1[C@@]2(C)CCCC(C)(C)[C@H]2CC(=O)[C@@]1(C)O)OC(C)=O. The van der Waals surface area contributed by atoms with Gasteiger partial charge in [-0.15, -0.1) is 6.58 Å². The van der Waals surface area contributed by atoms with E-state index in [1.165, 1.54) is 19.9 Å². The molecule has 0 aliphatic heterocycles. The van der Waals surface area contributed by atoms with E-state index in [9.17, 15) is 19.8 Å². The maximum atomic E-state index is 12.9. The molecular formula is C22H36O5. The fourth-order valence-electron chi connectivity index (χ4n) is 5.77. The van der Waals surface area contributed by atoms with Gasteiger partial charge < -0.3 is 14.9 Å². The molecule has 2 N–H and O–H groups in total. The third-order valence-electron chi connectivity index (χ3n) is 7.53. The zero-order valence-corrected chi connectivity index (χ0v) is 17.7. The predicted octanol–water partition coefficient (Wildman–Crippen LogP) is 3.42. The number of Topliss-reactive ketones (excluding diaryl/α,β-unsaturated/α-hetero) is 1. The van der Waals surface area contributed by atoms with Crippen LogP contribution in [0.2, 0.25) is 0 Å². The fourth-order valence-corrected chi connectivity index (χ4v) is 5.77. The molecule has 5 heteroatoms. The highest BCUT2D eigenvalue weighted by atomic mass is 16.6. The van der Waals surface area contributed by atoms with Crippen molar-refractivity contribution in [2.75, 3.05) is 0 Å². The van der Waals surface area contributed by atoms with Crippen LogP contribution in [0.4, 0.5) is 0 Å². The summed E-state index contributed by atoms with van der Waals surface area (Å²) in [6, 6.07) is 0. The summed E-state index contributed by atoms with van der Waals surface area (Å²) in [5.74, 6) is -0.950. The first-order valence-electron chi connectivity index (χ1n) is 9.97. The molecule has 2 aliphatic rings. The number of rotatable bonds is 5. The smallest absolute Gasteiger partial charge is 0.303 e. The van der Waals surface area contributed by atoms with E-state index in [0.29, 0.717) is 6.42 Å². The molecule has 27 heavy (non-hydrogen) atoms. The van der Waals surface area contributed by atoms with Crippen molar-refractivity contribution in [2.45, 2.75) is 91.0 Å². The average Bonchev–Trinajstić information content (AvgIpc) is 2.52. The number of esters is 1. The molecule has 6 atom stereocenters. The van der Waals surface area contributed by atoms with Gasteiger partial charge in [-0.3, -0.25) is 9.59 Å². The van der Waals surface area contributed by atoms with Crippen LogP contribution in [-0.2, 0) is 14.3 Å². The molecular weight excluding hydrogens is 344 g/mol. The lowest BCUT2D eigenvalue weighted by Crippen LogP contribution is -2.63. The van der Waals surface area contributed by atoms with Crippen LogP contribution in [0.25, 0.3) is 0 Å². The van der Waals surface area contributed by atoms with Gasteiger partial charge in [-0.05, 0) is 49.9 Å². The highest BCUT2D eigenvalue weighted by Gasteiger charge is 2.62. The molecule has 0 heterocycles. The van der Waals surface area contributed by atoms with E-state index in [-0.39, 0.29) is 29.0 Å². The summed E-state index contributed by atoms with van der Waals surface area (Å²) in [6.45, 7) is 14.6. The summed E-state index contributed by atoms with van der Waals surface area (Å²) in [7, 11) is 0. The number of fused-ring (bicyclic) bond motifs is 1. The third kappa shape index (κ3) is 3.86. The number of aliphatic hydroxyl groups is 2. The van der Waals surface area contributed by atoms with Crippen molar-refractivity contribution >= 4 is 11.8 Å². The minimum atomic E-state index is -1.52. The highest BCUT2D eigenvalue weighted by molar-refractivity contribution is 5.88. The Labute approximate surface area is 163 Å². The average molecular weight is 381 g/mol. The molecule has 1 unspecified atom stereocenters. The fraction of sp³-hybridized carbons (Fsp3) is 0.818.